The quantitative estimate of drug-likeness (QED) is 0.374. The Morgan fingerprint density at radius 2 is 2.54 bits per heavy atom. The highest BCUT2D eigenvalue weighted by Crippen LogP contribution is 2.21. The van der Waals surface area contributed by atoms with Crippen molar-refractivity contribution < 1.29 is 5.21 Å². The van der Waals surface area contributed by atoms with Gasteiger partial charge >= 0.3 is 0 Å². The van der Waals surface area contributed by atoms with Gasteiger partial charge in [0.15, 0.2) is 0 Å². The van der Waals surface area contributed by atoms with E-state index in [1.54, 1.807) is 23.0 Å². The molecule has 1 aromatic rings. The van der Waals surface area contributed by atoms with Crippen LogP contribution in [0.4, 0.5) is 0 Å². The summed E-state index contributed by atoms with van der Waals surface area (Å²) in [5, 5.41) is 9.30. The third-order valence-corrected chi connectivity index (χ3v) is 2.53. The Hall–Kier alpha value is -1.14. The molecule has 0 amide bonds. The molecule has 1 rings (SSSR count). The summed E-state index contributed by atoms with van der Waals surface area (Å²) in [5.74, 6) is 0.000327. The smallest absolute Gasteiger partial charge is 0.213 e. The molecule has 1 heterocycles. The second-order valence-corrected chi connectivity index (χ2v) is 3.88. The molecule has 0 aromatic carbocycles. The van der Waals surface area contributed by atoms with Crippen molar-refractivity contribution in [2.45, 2.75) is 19.9 Å². The fourth-order valence-electron chi connectivity index (χ4n) is 0.858. The zero-order chi connectivity index (χ0) is 9.84. The molecule has 4 N–H and O–H groups in total. The third kappa shape index (κ3) is 2.67. The van der Waals surface area contributed by atoms with E-state index in [0.717, 1.165) is 9.88 Å². The van der Waals surface area contributed by atoms with Crippen LogP contribution in [-0.4, -0.2) is 16.2 Å². The van der Waals surface area contributed by atoms with E-state index in [9.17, 15) is 0 Å². The van der Waals surface area contributed by atoms with Crippen molar-refractivity contribution in [3.8, 4) is 0 Å². The van der Waals surface area contributed by atoms with Crippen molar-refractivity contribution in [2.24, 2.45) is 10.7 Å². The Kier molecular flexibility index (Phi) is 3.21. The Morgan fingerprint density at radius 1 is 1.85 bits per heavy atom. The van der Waals surface area contributed by atoms with Gasteiger partial charge < -0.3 is 5.73 Å². The minimum atomic E-state index is -0.127. The molecule has 0 fully saturated rings. The number of aryl methyl sites for hydroxylation is 1. The standard InChI is InChI=1S/C7H12N4OS/c1-4-3-9-6(13-4)5(2)10-7(8)11-12/h3,5,12H,1-2H3,(H3,8,10,11). The van der Waals surface area contributed by atoms with E-state index in [1.165, 1.54) is 0 Å². The minimum Gasteiger partial charge on any atom is -0.368 e. The molecule has 0 aliphatic rings. The molecule has 5 nitrogen and oxygen atoms in total. The first kappa shape index (κ1) is 9.94. The Morgan fingerprint density at radius 3 is 3.00 bits per heavy atom. The monoisotopic (exact) mass is 200 g/mol. The molecule has 72 valence electrons. The van der Waals surface area contributed by atoms with E-state index in [-0.39, 0.29) is 12.0 Å². The highest BCUT2D eigenvalue weighted by molar-refractivity contribution is 7.11. The maximum Gasteiger partial charge on any atom is 0.213 e. The lowest BCUT2D eigenvalue weighted by molar-refractivity contribution is 0.232. The van der Waals surface area contributed by atoms with Crippen molar-refractivity contribution in [3.63, 3.8) is 0 Å². The molecule has 1 atom stereocenters. The molecule has 1 unspecified atom stereocenters. The summed E-state index contributed by atoms with van der Waals surface area (Å²) >= 11 is 1.57. The molecular formula is C7H12N4OS. The van der Waals surface area contributed by atoms with Crippen molar-refractivity contribution >= 4 is 17.3 Å². The molecule has 13 heavy (non-hydrogen) atoms. The number of rotatable bonds is 2. The average Bonchev–Trinajstić information content (AvgIpc) is 2.51. The van der Waals surface area contributed by atoms with Gasteiger partial charge in [-0.1, -0.05) is 0 Å². The highest BCUT2D eigenvalue weighted by Gasteiger charge is 2.07. The molecule has 6 heteroatoms. The van der Waals surface area contributed by atoms with Crippen LogP contribution in [0.25, 0.3) is 0 Å². The molecule has 0 bridgehead atoms. The lowest BCUT2D eigenvalue weighted by atomic mass is 10.4. The van der Waals surface area contributed by atoms with Gasteiger partial charge in [-0.05, 0) is 13.8 Å². The van der Waals surface area contributed by atoms with Crippen LogP contribution in [0.3, 0.4) is 0 Å². The molecule has 0 aliphatic carbocycles. The van der Waals surface area contributed by atoms with Gasteiger partial charge in [-0.15, -0.1) is 11.3 Å². The van der Waals surface area contributed by atoms with Crippen LogP contribution in [0.15, 0.2) is 11.2 Å². The van der Waals surface area contributed by atoms with Gasteiger partial charge in [-0.3, -0.25) is 5.21 Å². The molecule has 0 radical (unpaired) electrons. The predicted octanol–water partition coefficient (Wildman–Crippen LogP) is 0.806. The lowest BCUT2D eigenvalue weighted by Gasteiger charge is -2.02. The van der Waals surface area contributed by atoms with Crippen LogP contribution >= 0.6 is 11.3 Å². The summed E-state index contributed by atoms with van der Waals surface area (Å²) in [7, 11) is 0. The van der Waals surface area contributed by atoms with E-state index in [2.05, 4.69) is 9.98 Å². The first-order valence-corrected chi connectivity index (χ1v) is 4.61. The summed E-state index contributed by atoms with van der Waals surface area (Å²) in [6, 6.07) is -0.127. The van der Waals surface area contributed by atoms with Crippen molar-refractivity contribution in [3.05, 3.63) is 16.1 Å². The van der Waals surface area contributed by atoms with E-state index in [1.807, 2.05) is 13.8 Å². The fraction of sp³-hybridized carbons (Fsp3) is 0.429. The lowest BCUT2D eigenvalue weighted by Crippen LogP contribution is -2.28. The van der Waals surface area contributed by atoms with Crippen molar-refractivity contribution in [1.82, 2.24) is 10.5 Å². The molecule has 0 spiro atoms. The Bertz CT molecular complexity index is 309. The third-order valence-electron chi connectivity index (χ3n) is 1.44. The van der Waals surface area contributed by atoms with Gasteiger partial charge in [-0.25, -0.2) is 15.5 Å². The molecular weight excluding hydrogens is 188 g/mol. The second-order valence-electron chi connectivity index (χ2n) is 2.61. The minimum absolute atomic E-state index is 0.000327. The summed E-state index contributed by atoms with van der Waals surface area (Å²) < 4.78 is 0. The van der Waals surface area contributed by atoms with E-state index >= 15 is 0 Å². The summed E-state index contributed by atoms with van der Waals surface area (Å²) in [6.45, 7) is 3.84. The summed E-state index contributed by atoms with van der Waals surface area (Å²) in [4.78, 5) is 9.24. The van der Waals surface area contributed by atoms with Crippen molar-refractivity contribution in [2.75, 3.05) is 0 Å². The number of thiazole rings is 1. The van der Waals surface area contributed by atoms with Crippen LogP contribution in [0, 0.1) is 6.92 Å². The molecule has 0 aliphatic heterocycles. The van der Waals surface area contributed by atoms with Gasteiger partial charge in [0.05, 0.1) is 0 Å². The van der Waals surface area contributed by atoms with Crippen LogP contribution in [-0.2, 0) is 0 Å². The van der Waals surface area contributed by atoms with Crippen LogP contribution in [0.1, 0.15) is 22.9 Å². The van der Waals surface area contributed by atoms with E-state index < -0.39 is 0 Å². The largest absolute Gasteiger partial charge is 0.368 e. The van der Waals surface area contributed by atoms with Gasteiger partial charge in [0.1, 0.15) is 11.0 Å². The van der Waals surface area contributed by atoms with Gasteiger partial charge in [0, 0.05) is 11.1 Å². The highest BCUT2D eigenvalue weighted by atomic mass is 32.1. The molecule has 1 aromatic heterocycles. The maximum atomic E-state index is 8.41. The topological polar surface area (TPSA) is 83.5 Å². The number of guanidine groups is 1. The summed E-state index contributed by atoms with van der Waals surface area (Å²) in [5.41, 5.74) is 7.06. The van der Waals surface area contributed by atoms with E-state index in [0.29, 0.717) is 0 Å². The molecule has 0 saturated heterocycles. The number of nitrogens with two attached hydrogens (primary N) is 1. The number of hydrogen-bond acceptors (Lipinski definition) is 4. The van der Waals surface area contributed by atoms with Crippen LogP contribution in [0.5, 0.6) is 0 Å². The van der Waals surface area contributed by atoms with Gasteiger partial charge in [0.25, 0.3) is 0 Å². The Balaban J connectivity index is 2.74. The van der Waals surface area contributed by atoms with Gasteiger partial charge in [-0.2, -0.15) is 0 Å². The molecule has 0 saturated carbocycles. The van der Waals surface area contributed by atoms with Gasteiger partial charge in [0.2, 0.25) is 5.96 Å². The number of hydroxylamine groups is 1. The SMILES string of the molecule is Cc1cnc(C(C)N=C(N)NO)s1. The number of aromatic nitrogens is 1. The fourth-order valence-corrected chi connectivity index (χ4v) is 1.62. The Labute approximate surface area is 80.3 Å². The second kappa shape index (κ2) is 4.20. The number of nitrogens with zero attached hydrogens (tertiary/aromatic N) is 2. The number of aliphatic imine (C=N–C) groups is 1. The normalized spacial score (nSPS) is 14.2. The first-order valence-electron chi connectivity index (χ1n) is 3.79. The zero-order valence-electron chi connectivity index (χ0n) is 7.48. The van der Waals surface area contributed by atoms with Crippen LogP contribution in [0.2, 0.25) is 0 Å². The predicted molar refractivity (Wildman–Crippen MR) is 51.8 cm³/mol. The summed E-state index contributed by atoms with van der Waals surface area (Å²) in [6.07, 6.45) is 1.79. The zero-order valence-corrected chi connectivity index (χ0v) is 8.30. The number of hydrogen-bond donors (Lipinski definition) is 3. The maximum absolute atomic E-state index is 8.41. The van der Waals surface area contributed by atoms with E-state index in [4.69, 9.17) is 10.9 Å². The number of nitrogens with one attached hydrogen (secondary N) is 1. The first-order chi connectivity index (χ1) is 6.13. The average molecular weight is 200 g/mol. The van der Waals surface area contributed by atoms with Crippen LogP contribution < -0.4 is 11.2 Å². The van der Waals surface area contributed by atoms with Crippen molar-refractivity contribution in [1.29, 1.82) is 0 Å².